The fourth-order valence-corrected chi connectivity index (χ4v) is 10.6. The Morgan fingerprint density at radius 1 is 1.12 bits per heavy atom. The minimum absolute atomic E-state index is 0.0429. The van der Waals surface area contributed by atoms with Crippen molar-refractivity contribution in [2.75, 3.05) is 24.6 Å². The van der Waals surface area contributed by atoms with Crippen LogP contribution >= 0.6 is 11.8 Å². The van der Waals surface area contributed by atoms with E-state index in [1.54, 1.807) is 33.7 Å². The predicted octanol–water partition coefficient (Wildman–Crippen LogP) is 4.66. The van der Waals surface area contributed by atoms with E-state index in [1.165, 1.54) is 6.42 Å². The maximum atomic E-state index is 14.8. The van der Waals surface area contributed by atoms with Gasteiger partial charge in [-0.05, 0) is 43.7 Å². The van der Waals surface area contributed by atoms with E-state index in [2.05, 4.69) is 20.1 Å². The smallest absolute Gasteiger partial charge is 0.247 e. The Morgan fingerprint density at radius 3 is 2.41 bits per heavy atom. The number of anilines is 1. The van der Waals surface area contributed by atoms with Crippen molar-refractivity contribution >= 4 is 35.2 Å². The molecule has 3 amide bonds. The van der Waals surface area contributed by atoms with E-state index in [0.29, 0.717) is 19.5 Å². The highest BCUT2D eigenvalue weighted by Gasteiger charge is 2.77. The van der Waals surface area contributed by atoms with Crippen LogP contribution < -0.4 is 4.90 Å². The molecule has 4 aliphatic rings. The van der Waals surface area contributed by atoms with Crippen molar-refractivity contribution in [2.24, 2.45) is 17.8 Å². The summed E-state index contributed by atoms with van der Waals surface area (Å²) in [6, 6.07) is 8.47. The topological polar surface area (TPSA) is 81.2 Å². The fraction of sp³-hybridized carbons (Fsp3) is 0.606. The Bertz CT molecular complexity index is 1150. The molecule has 0 aromatic heterocycles. The van der Waals surface area contributed by atoms with Crippen LogP contribution in [0.2, 0.25) is 0 Å². The highest BCUT2D eigenvalue weighted by atomic mass is 32.2. The maximum Gasteiger partial charge on any atom is 0.247 e. The summed E-state index contributed by atoms with van der Waals surface area (Å²) in [6.45, 7) is 12.5. The second-order valence-electron chi connectivity index (χ2n) is 12.2. The van der Waals surface area contributed by atoms with Gasteiger partial charge in [0, 0.05) is 30.1 Å². The number of para-hydroxylation sites is 1. The van der Waals surface area contributed by atoms with Crippen LogP contribution in [0.3, 0.4) is 0 Å². The first-order valence-corrected chi connectivity index (χ1v) is 16.2. The number of thioether (sulfide) groups is 1. The van der Waals surface area contributed by atoms with Crippen molar-refractivity contribution < 1.29 is 19.5 Å². The zero-order chi connectivity index (χ0) is 29.3. The quantitative estimate of drug-likeness (QED) is 0.386. The van der Waals surface area contributed by atoms with E-state index in [1.807, 2.05) is 42.2 Å². The first-order valence-electron chi connectivity index (χ1n) is 15.3. The first kappa shape index (κ1) is 29.9. The van der Waals surface area contributed by atoms with Gasteiger partial charge in [-0.15, -0.1) is 24.9 Å². The molecule has 1 saturated carbocycles. The molecule has 1 spiro atoms. The van der Waals surface area contributed by atoms with Gasteiger partial charge in [-0.25, -0.2) is 0 Å². The number of hydrogen-bond donors (Lipinski definition) is 1. The van der Waals surface area contributed by atoms with E-state index in [0.717, 1.165) is 37.8 Å². The largest absolute Gasteiger partial charge is 0.394 e. The molecule has 3 heterocycles. The van der Waals surface area contributed by atoms with Gasteiger partial charge < -0.3 is 19.8 Å². The number of benzene rings is 1. The van der Waals surface area contributed by atoms with Gasteiger partial charge in [-0.3, -0.25) is 14.4 Å². The van der Waals surface area contributed by atoms with Crippen molar-refractivity contribution in [3.05, 3.63) is 55.6 Å². The zero-order valence-corrected chi connectivity index (χ0v) is 25.3. The Balaban J connectivity index is 1.59. The molecule has 4 fully saturated rings. The van der Waals surface area contributed by atoms with Gasteiger partial charge in [0.15, 0.2) is 0 Å². The van der Waals surface area contributed by atoms with Gasteiger partial charge in [0.25, 0.3) is 0 Å². The number of hydrogen-bond acceptors (Lipinski definition) is 5. The van der Waals surface area contributed by atoms with Gasteiger partial charge in [0.05, 0.1) is 29.2 Å². The van der Waals surface area contributed by atoms with Crippen LogP contribution in [0.5, 0.6) is 0 Å². The van der Waals surface area contributed by atoms with Crippen molar-refractivity contribution in [3.8, 4) is 0 Å². The Morgan fingerprint density at radius 2 is 1.80 bits per heavy atom. The lowest BCUT2D eigenvalue weighted by molar-refractivity contribution is -0.147. The average Bonchev–Trinajstić information content (AvgIpc) is 3.59. The molecule has 8 heteroatoms. The Hall–Kier alpha value is -2.58. The van der Waals surface area contributed by atoms with Crippen LogP contribution in [0.25, 0.3) is 0 Å². The van der Waals surface area contributed by atoms with E-state index < -0.39 is 28.7 Å². The number of amides is 3. The molecule has 1 aromatic rings. The van der Waals surface area contributed by atoms with Crippen LogP contribution in [0.1, 0.15) is 58.8 Å². The lowest BCUT2D eigenvalue weighted by Gasteiger charge is -2.44. The van der Waals surface area contributed by atoms with Crippen LogP contribution in [-0.2, 0) is 14.4 Å². The van der Waals surface area contributed by atoms with Gasteiger partial charge in [0.2, 0.25) is 17.7 Å². The molecule has 1 aromatic carbocycles. The lowest BCUT2D eigenvalue weighted by Crippen LogP contribution is -2.60. The van der Waals surface area contributed by atoms with Crippen molar-refractivity contribution in [2.45, 2.75) is 86.9 Å². The molecule has 1 aliphatic carbocycles. The predicted molar refractivity (Wildman–Crippen MR) is 164 cm³/mol. The molecular weight excluding hydrogens is 534 g/mol. The van der Waals surface area contributed by atoms with Crippen molar-refractivity contribution in [1.82, 2.24) is 9.80 Å². The minimum atomic E-state index is -0.716. The second kappa shape index (κ2) is 12.3. The number of rotatable bonds is 11. The molecule has 3 aliphatic heterocycles. The number of carbonyl (C=O) groups is 3. The van der Waals surface area contributed by atoms with E-state index in [-0.39, 0.29) is 41.5 Å². The lowest BCUT2D eigenvalue weighted by atomic mass is 9.65. The number of fused-ring (bicyclic) bond motifs is 1. The summed E-state index contributed by atoms with van der Waals surface area (Å²) >= 11 is 1.70. The molecule has 1 N–H and O–H groups in total. The molecule has 3 unspecified atom stereocenters. The third-order valence-electron chi connectivity index (χ3n) is 10.0. The third kappa shape index (κ3) is 4.85. The first-order chi connectivity index (χ1) is 19.8. The third-order valence-corrected chi connectivity index (χ3v) is 12.1. The average molecular weight is 580 g/mol. The van der Waals surface area contributed by atoms with Crippen LogP contribution in [0, 0.1) is 17.8 Å². The summed E-state index contributed by atoms with van der Waals surface area (Å²) in [5.74, 6) is -1.36. The maximum absolute atomic E-state index is 14.8. The second-order valence-corrected chi connectivity index (χ2v) is 13.7. The summed E-state index contributed by atoms with van der Waals surface area (Å²) in [5, 5.41) is 10.4. The van der Waals surface area contributed by atoms with Crippen molar-refractivity contribution in [1.29, 1.82) is 0 Å². The number of likely N-dealkylation sites (tertiary alicyclic amines) is 1. The number of aliphatic hydroxyl groups is 1. The monoisotopic (exact) mass is 579 g/mol. The molecule has 3 saturated heterocycles. The van der Waals surface area contributed by atoms with Gasteiger partial charge >= 0.3 is 0 Å². The standard InChI is InChI=1S/C33H45N3O4S/c1-5-18-34(24-14-10-8-11-15-24)30(38)27-26-20-22(4)33(41-26)28(27)31(39)36(23(7-3)21-37)29(33)32(40)35(19-6-2)25-16-12-9-13-17-25/h5-6,8,10-11,14-15,22-23,25-29,37H,1-2,7,9,12-13,16-21H2,3-4H3/t22?,23-,26+,27-,28-,29?,33?/m0/s1. The van der Waals surface area contributed by atoms with E-state index >= 15 is 0 Å². The number of carbonyl (C=O) groups excluding carboxylic acids is 3. The molecule has 222 valence electrons. The molecule has 7 nitrogen and oxygen atoms in total. The van der Waals surface area contributed by atoms with Crippen LogP contribution in [0.15, 0.2) is 55.6 Å². The molecule has 5 rings (SSSR count). The molecule has 0 radical (unpaired) electrons. The molecular formula is C33H45N3O4S. The normalized spacial score (nSPS) is 31.5. The van der Waals surface area contributed by atoms with Crippen LogP contribution in [-0.4, -0.2) is 80.4 Å². The van der Waals surface area contributed by atoms with Gasteiger partial charge in [-0.2, -0.15) is 0 Å². The van der Waals surface area contributed by atoms with Crippen LogP contribution in [0.4, 0.5) is 5.69 Å². The van der Waals surface area contributed by atoms with Crippen molar-refractivity contribution in [3.63, 3.8) is 0 Å². The van der Waals surface area contributed by atoms with E-state index in [9.17, 15) is 19.5 Å². The Kier molecular flexibility index (Phi) is 9.00. The summed E-state index contributed by atoms with van der Waals surface area (Å²) in [7, 11) is 0. The highest BCUT2D eigenvalue weighted by molar-refractivity contribution is 8.02. The number of nitrogens with zero attached hydrogens (tertiary/aromatic N) is 3. The summed E-state index contributed by atoms with van der Waals surface area (Å²) in [4.78, 5) is 49.2. The summed E-state index contributed by atoms with van der Waals surface area (Å²) < 4.78 is -0.716. The molecule has 7 atom stereocenters. The molecule has 2 bridgehead atoms. The minimum Gasteiger partial charge on any atom is -0.394 e. The summed E-state index contributed by atoms with van der Waals surface area (Å²) in [6.07, 6.45) is 10.1. The van der Waals surface area contributed by atoms with Gasteiger partial charge in [-0.1, -0.05) is 63.5 Å². The number of aliphatic hydroxyl groups excluding tert-OH is 1. The summed E-state index contributed by atoms with van der Waals surface area (Å²) in [5.41, 5.74) is 0.776. The van der Waals surface area contributed by atoms with E-state index in [4.69, 9.17) is 0 Å². The highest BCUT2D eigenvalue weighted by Crippen LogP contribution is 2.69. The zero-order valence-electron chi connectivity index (χ0n) is 24.5. The molecule has 41 heavy (non-hydrogen) atoms. The SMILES string of the molecule is C=CCN(C(=O)[C@@H]1[C@H]2C(=O)N([C@@H](CC)CO)C(C(=O)N(CC=C)C3CCCCC3)C23S[C@@H]1CC3C)c1ccccc1. The fourth-order valence-electron chi connectivity index (χ4n) is 8.18. The Labute approximate surface area is 249 Å². The van der Waals surface area contributed by atoms with Gasteiger partial charge in [0.1, 0.15) is 6.04 Å².